The molecule has 0 aliphatic carbocycles. The first kappa shape index (κ1) is 18.0. The summed E-state index contributed by atoms with van der Waals surface area (Å²) < 4.78 is 1.07. The van der Waals surface area contributed by atoms with E-state index < -0.39 is 0 Å². The number of hydrogen-bond donors (Lipinski definition) is 1. The molecule has 120 valence electrons. The van der Waals surface area contributed by atoms with Crippen molar-refractivity contribution in [3.8, 4) is 11.3 Å². The fourth-order valence-electron chi connectivity index (χ4n) is 2.05. The van der Waals surface area contributed by atoms with Crippen LogP contribution in [0.4, 0.5) is 16.5 Å². The zero-order valence-corrected chi connectivity index (χ0v) is 16.9. The summed E-state index contributed by atoms with van der Waals surface area (Å²) in [5.41, 5.74) is 4.34. The standard InChI is InChI=1S/C17H16BrN3S.BrH/c1-21(2)15-9-7-14(8-10-15)19-17-20-16(11-22-17)12-3-5-13(18)6-4-12;/h3-11H,1-2H3,(H,19,20);1H. The summed E-state index contributed by atoms with van der Waals surface area (Å²) in [6, 6.07) is 16.5. The molecule has 2 aromatic carbocycles. The first-order valence-corrected chi connectivity index (χ1v) is 8.55. The molecule has 0 saturated carbocycles. The Morgan fingerprint density at radius 2 is 1.65 bits per heavy atom. The minimum atomic E-state index is 0. The van der Waals surface area contributed by atoms with Crippen molar-refractivity contribution in [2.75, 3.05) is 24.3 Å². The molecule has 0 saturated heterocycles. The normalized spacial score (nSPS) is 10.0. The van der Waals surface area contributed by atoms with Gasteiger partial charge in [-0.1, -0.05) is 28.1 Å². The first-order valence-electron chi connectivity index (χ1n) is 6.88. The molecular formula is C17H17Br2N3S. The Bertz CT molecular complexity index is 752. The third kappa shape index (κ3) is 4.56. The molecule has 3 aromatic rings. The van der Waals surface area contributed by atoms with Crippen molar-refractivity contribution in [3.63, 3.8) is 0 Å². The van der Waals surface area contributed by atoms with Crippen LogP contribution in [0.3, 0.4) is 0 Å². The van der Waals surface area contributed by atoms with Crippen molar-refractivity contribution < 1.29 is 0 Å². The Hall–Kier alpha value is -1.37. The quantitative estimate of drug-likeness (QED) is 0.527. The zero-order chi connectivity index (χ0) is 15.5. The lowest BCUT2D eigenvalue weighted by Gasteiger charge is -2.12. The lowest BCUT2D eigenvalue weighted by atomic mass is 10.2. The van der Waals surface area contributed by atoms with Gasteiger partial charge >= 0.3 is 0 Å². The van der Waals surface area contributed by atoms with Crippen LogP contribution in [0.15, 0.2) is 58.4 Å². The Kier molecular flexibility index (Phi) is 6.21. The Labute approximate surface area is 159 Å². The molecule has 0 atom stereocenters. The lowest BCUT2D eigenvalue weighted by molar-refractivity contribution is 1.13. The number of nitrogens with zero attached hydrogens (tertiary/aromatic N) is 2. The highest BCUT2D eigenvalue weighted by Gasteiger charge is 2.05. The van der Waals surface area contributed by atoms with Crippen molar-refractivity contribution in [1.82, 2.24) is 4.98 Å². The van der Waals surface area contributed by atoms with Gasteiger partial charge < -0.3 is 10.2 Å². The van der Waals surface area contributed by atoms with Crippen molar-refractivity contribution >= 4 is 60.8 Å². The zero-order valence-electron chi connectivity index (χ0n) is 12.8. The van der Waals surface area contributed by atoms with Gasteiger partial charge in [0.2, 0.25) is 0 Å². The minimum absolute atomic E-state index is 0. The van der Waals surface area contributed by atoms with E-state index in [2.05, 4.69) is 72.9 Å². The van der Waals surface area contributed by atoms with Gasteiger partial charge in [-0.2, -0.15) is 0 Å². The summed E-state index contributed by atoms with van der Waals surface area (Å²) in [6.45, 7) is 0. The molecule has 1 N–H and O–H groups in total. The summed E-state index contributed by atoms with van der Waals surface area (Å²) in [5.74, 6) is 0. The highest BCUT2D eigenvalue weighted by molar-refractivity contribution is 9.10. The molecule has 0 bridgehead atoms. The molecule has 0 aliphatic rings. The van der Waals surface area contributed by atoms with Crippen molar-refractivity contribution in [1.29, 1.82) is 0 Å². The number of hydrogen-bond acceptors (Lipinski definition) is 4. The van der Waals surface area contributed by atoms with E-state index in [1.165, 1.54) is 5.69 Å². The second kappa shape index (κ2) is 7.95. The molecule has 1 aromatic heterocycles. The van der Waals surface area contributed by atoms with Gasteiger partial charge in [0.05, 0.1) is 5.69 Å². The third-order valence-electron chi connectivity index (χ3n) is 3.28. The Morgan fingerprint density at radius 3 is 2.26 bits per heavy atom. The SMILES string of the molecule is Br.CN(C)c1ccc(Nc2nc(-c3ccc(Br)cc3)cs2)cc1. The van der Waals surface area contributed by atoms with Crippen LogP contribution < -0.4 is 10.2 Å². The summed E-state index contributed by atoms with van der Waals surface area (Å²) in [4.78, 5) is 6.73. The van der Waals surface area contributed by atoms with E-state index in [0.717, 1.165) is 26.5 Å². The molecule has 0 fully saturated rings. The minimum Gasteiger partial charge on any atom is -0.378 e. The van der Waals surface area contributed by atoms with Crippen LogP contribution in [0.5, 0.6) is 0 Å². The van der Waals surface area contributed by atoms with Crippen molar-refractivity contribution in [2.24, 2.45) is 0 Å². The van der Waals surface area contributed by atoms with Crippen LogP contribution in [0.25, 0.3) is 11.3 Å². The molecule has 0 aliphatic heterocycles. The Balaban J connectivity index is 0.00000192. The number of benzene rings is 2. The van der Waals surface area contributed by atoms with Crippen molar-refractivity contribution in [3.05, 3.63) is 58.4 Å². The van der Waals surface area contributed by atoms with Crippen LogP contribution in [-0.2, 0) is 0 Å². The average molecular weight is 455 g/mol. The molecule has 0 spiro atoms. The summed E-state index contributed by atoms with van der Waals surface area (Å²) in [5, 5.41) is 6.32. The lowest BCUT2D eigenvalue weighted by Crippen LogP contribution is -2.08. The monoisotopic (exact) mass is 453 g/mol. The highest BCUT2D eigenvalue weighted by atomic mass is 79.9. The van der Waals surface area contributed by atoms with Gasteiger partial charge in [0, 0.05) is 40.9 Å². The van der Waals surface area contributed by atoms with Gasteiger partial charge in [0.1, 0.15) is 0 Å². The van der Waals surface area contributed by atoms with Gasteiger partial charge in [0.25, 0.3) is 0 Å². The van der Waals surface area contributed by atoms with Gasteiger partial charge in [-0.05, 0) is 36.4 Å². The van der Waals surface area contributed by atoms with Crippen LogP contribution >= 0.6 is 44.2 Å². The van der Waals surface area contributed by atoms with E-state index in [1.54, 1.807) is 11.3 Å². The number of aromatic nitrogens is 1. The molecule has 23 heavy (non-hydrogen) atoms. The molecule has 3 nitrogen and oxygen atoms in total. The third-order valence-corrected chi connectivity index (χ3v) is 4.57. The fourth-order valence-corrected chi connectivity index (χ4v) is 3.05. The summed E-state index contributed by atoms with van der Waals surface area (Å²) in [6.07, 6.45) is 0. The average Bonchev–Trinajstić information content (AvgIpc) is 2.97. The van der Waals surface area contributed by atoms with E-state index in [9.17, 15) is 0 Å². The smallest absolute Gasteiger partial charge is 0.187 e. The van der Waals surface area contributed by atoms with Crippen LogP contribution in [0.2, 0.25) is 0 Å². The molecule has 1 heterocycles. The number of anilines is 3. The van der Waals surface area contributed by atoms with E-state index in [1.807, 2.05) is 26.2 Å². The predicted octanol–water partition coefficient (Wildman–Crippen LogP) is 5.96. The van der Waals surface area contributed by atoms with Gasteiger partial charge in [0.15, 0.2) is 5.13 Å². The van der Waals surface area contributed by atoms with E-state index in [4.69, 9.17) is 0 Å². The molecular weight excluding hydrogens is 438 g/mol. The first-order chi connectivity index (χ1) is 10.6. The topological polar surface area (TPSA) is 28.2 Å². The second-order valence-corrected chi connectivity index (χ2v) is 6.88. The van der Waals surface area contributed by atoms with Crippen LogP contribution in [0.1, 0.15) is 0 Å². The van der Waals surface area contributed by atoms with E-state index >= 15 is 0 Å². The molecule has 0 radical (unpaired) electrons. The maximum Gasteiger partial charge on any atom is 0.187 e. The number of halogens is 2. The van der Waals surface area contributed by atoms with Crippen molar-refractivity contribution in [2.45, 2.75) is 0 Å². The van der Waals surface area contributed by atoms with Crippen LogP contribution in [0, 0.1) is 0 Å². The van der Waals surface area contributed by atoms with Crippen LogP contribution in [-0.4, -0.2) is 19.1 Å². The molecule has 3 rings (SSSR count). The van der Waals surface area contributed by atoms with Gasteiger partial charge in [-0.15, -0.1) is 28.3 Å². The van der Waals surface area contributed by atoms with Gasteiger partial charge in [-0.3, -0.25) is 0 Å². The number of thiazole rings is 1. The molecule has 6 heteroatoms. The predicted molar refractivity (Wildman–Crippen MR) is 110 cm³/mol. The maximum atomic E-state index is 4.64. The fraction of sp³-hybridized carbons (Fsp3) is 0.118. The number of rotatable bonds is 4. The second-order valence-electron chi connectivity index (χ2n) is 5.11. The Morgan fingerprint density at radius 1 is 1.00 bits per heavy atom. The number of nitrogens with one attached hydrogen (secondary N) is 1. The highest BCUT2D eigenvalue weighted by Crippen LogP contribution is 2.28. The summed E-state index contributed by atoms with van der Waals surface area (Å²) >= 11 is 5.06. The molecule has 0 amide bonds. The largest absolute Gasteiger partial charge is 0.378 e. The van der Waals surface area contributed by atoms with Gasteiger partial charge in [-0.25, -0.2) is 4.98 Å². The summed E-state index contributed by atoms with van der Waals surface area (Å²) in [7, 11) is 4.07. The van der Waals surface area contributed by atoms with E-state index in [-0.39, 0.29) is 17.0 Å². The molecule has 0 unspecified atom stereocenters. The van der Waals surface area contributed by atoms with E-state index in [0.29, 0.717) is 0 Å². The maximum absolute atomic E-state index is 4.64.